The number of pyridine rings is 1. The zero-order chi connectivity index (χ0) is 18.8. The van der Waals surface area contributed by atoms with E-state index < -0.39 is 0 Å². The minimum atomic E-state index is -0.365. The second kappa shape index (κ2) is 7.51. The lowest BCUT2D eigenvalue weighted by Gasteiger charge is -2.31. The van der Waals surface area contributed by atoms with Gasteiger partial charge in [-0.25, -0.2) is 9.37 Å². The smallest absolute Gasteiger partial charge is 0.223 e. The van der Waals surface area contributed by atoms with E-state index in [0.717, 1.165) is 37.3 Å². The van der Waals surface area contributed by atoms with Gasteiger partial charge in [0.15, 0.2) is 0 Å². The summed E-state index contributed by atoms with van der Waals surface area (Å²) in [5.74, 6) is 0.0973. The highest BCUT2D eigenvalue weighted by Gasteiger charge is 2.28. The fraction of sp³-hybridized carbons (Fsp3) is 0.364. The minimum Gasteiger partial charge on any atom is -0.343 e. The molecule has 1 fully saturated rings. The standard InChI is InChI=1S/C22H24FN3O/c1-16-9-12-25(13-10-16)22(27)14-18(17-6-2-3-7-19(17)23)20-15-24-21-8-4-5-11-26(20)21/h2-8,11,15-16,18H,9-10,12-14H2,1H3/t18-/m0/s1. The van der Waals surface area contributed by atoms with Crippen molar-refractivity contribution >= 4 is 11.6 Å². The number of carbonyl (C=O) groups excluding carboxylic acids is 1. The predicted octanol–water partition coefficient (Wildman–Crippen LogP) is 4.25. The molecule has 1 atom stereocenters. The van der Waals surface area contributed by atoms with Gasteiger partial charge in [0, 0.05) is 37.8 Å². The van der Waals surface area contributed by atoms with Gasteiger partial charge in [0.25, 0.3) is 0 Å². The molecule has 3 aromatic rings. The van der Waals surface area contributed by atoms with Gasteiger partial charge in [-0.05, 0) is 42.5 Å². The molecule has 0 unspecified atom stereocenters. The van der Waals surface area contributed by atoms with Crippen molar-refractivity contribution in [2.24, 2.45) is 5.92 Å². The van der Waals surface area contributed by atoms with Crippen LogP contribution >= 0.6 is 0 Å². The molecule has 3 heterocycles. The normalized spacial score (nSPS) is 16.6. The average molecular weight is 365 g/mol. The molecular formula is C22H24FN3O. The fourth-order valence-corrected chi connectivity index (χ4v) is 3.90. The predicted molar refractivity (Wildman–Crippen MR) is 103 cm³/mol. The third-order valence-electron chi connectivity index (χ3n) is 5.60. The third kappa shape index (κ3) is 3.59. The van der Waals surface area contributed by atoms with Gasteiger partial charge >= 0.3 is 0 Å². The summed E-state index contributed by atoms with van der Waals surface area (Å²) in [7, 11) is 0. The Morgan fingerprint density at radius 1 is 1.19 bits per heavy atom. The number of rotatable bonds is 4. The number of carbonyl (C=O) groups is 1. The highest BCUT2D eigenvalue weighted by molar-refractivity contribution is 5.78. The van der Waals surface area contributed by atoms with E-state index in [2.05, 4.69) is 11.9 Å². The van der Waals surface area contributed by atoms with Crippen LogP contribution in [0.1, 0.15) is 43.4 Å². The maximum Gasteiger partial charge on any atom is 0.223 e. The number of benzene rings is 1. The van der Waals surface area contributed by atoms with Crippen molar-refractivity contribution in [3.63, 3.8) is 0 Å². The number of aromatic nitrogens is 2. The highest BCUT2D eigenvalue weighted by Crippen LogP contribution is 2.31. The molecule has 0 bridgehead atoms. The SMILES string of the molecule is CC1CCN(C(=O)C[C@@H](c2ccccc2F)c2cnc3ccccn23)CC1. The lowest BCUT2D eigenvalue weighted by Crippen LogP contribution is -2.38. The molecule has 1 amide bonds. The Labute approximate surface area is 158 Å². The Kier molecular flexibility index (Phi) is 4.92. The van der Waals surface area contributed by atoms with Crippen LogP contribution in [0.25, 0.3) is 5.65 Å². The van der Waals surface area contributed by atoms with Crippen LogP contribution in [0.3, 0.4) is 0 Å². The zero-order valence-electron chi connectivity index (χ0n) is 15.5. The van der Waals surface area contributed by atoms with Gasteiger partial charge < -0.3 is 9.30 Å². The summed E-state index contributed by atoms with van der Waals surface area (Å²) in [5.41, 5.74) is 2.18. The van der Waals surface area contributed by atoms with Gasteiger partial charge in [0.2, 0.25) is 5.91 Å². The Balaban J connectivity index is 1.69. The zero-order valence-corrected chi connectivity index (χ0v) is 15.5. The Bertz CT molecular complexity index is 943. The third-order valence-corrected chi connectivity index (χ3v) is 5.60. The molecule has 2 aromatic heterocycles. The lowest BCUT2D eigenvalue weighted by atomic mass is 9.91. The molecule has 0 radical (unpaired) electrons. The van der Waals surface area contributed by atoms with Gasteiger partial charge in [-0.2, -0.15) is 0 Å². The summed E-state index contributed by atoms with van der Waals surface area (Å²) in [6, 6.07) is 12.5. The number of hydrogen-bond donors (Lipinski definition) is 0. The van der Waals surface area contributed by atoms with Crippen LogP contribution in [0.2, 0.25) is 0 Å². The maximum absolute atomic E-state index is 14.6. The first-order valence-electron chi connectivity index (χ1n) is 9.57. The molecule has 0 saturated carbocycles. The molecular weight excluding hydrogens is 341 g/mol. The Morgan fingerprint density at radius 2 is 1.93 bits per heavy atom. The van der Waals surface area contributed by atoms with E-state index in [4.69, 9.17) is 0 Å². The van der Waals surface area contributed by atoms with Crippen molar-refractivity contribution in [1.29, 1.82) is 0 Å². The molecule has 4 nitrogen and oxygen atoms in total. The first kappa shape index (κ1) is 17.7. The van der Waals surface area contributed by atoms with Crippen LogP contribution in [0.15, 0.2) is 54.9 Å². The summed E-state index contributed by atoms with van der Waals surface area (Å²) in [6.07, 6.45) is 5.99. The molecule has 0 aliphatic carbocycles. The average Bonchev–Trinajstić information content (AvgIpc) is 3.11. The second-order valence-corrected chi connectivity index (χ2v) is 7.45. The second-order valence-electron chi connectivity index (χ2n) is 7.45. The van der Waals surface area contributed by atoms with Gasteiger partial charge in [0.05, 0.1) is 5.69 Å². The molecule has 1 aliphatic rings. The van der Waals surface area contributed by atoms with Gasteiger partial charge in [-0.15, -0.1) is 0 Å². The number of imidazole rings is 1. The number of piperidine rings is 1. The van der Waals surface area contributed by atoms with E-state index in [1.807, 2.05) is 39.8 Å². The largest absolute Gasteiger partial charge is 0.343 e. The Morgan fingerprint density at radius 3 is 2.70 bits per heavy atom. The van der Waals surface area contributed by atoms with E-state index in [1.54, 1.807) is 18.3 Å². The monoisotopic (exact) mass is 365 g/mol. The number of likely N-dealkylation sites (tertiary alicyclic amines) is 1. The molecule has 140 valence electrons. The van der Waals surface area contributed by atoms with Crippen LogP contribution in [0.5, 0.6) is 0 Å². The number of halogens is 1. The fourth-order valence-electron chi connectivity index (χ4n) is 3.90. The first-order valence-corrected chi connectivity index (χ1v) is 9.57. The van der Waals surface area contributed by atoms with Crippen molar-refractivity contribution < 1.29 is 9.18 Å². The molecule has 27 heavy (non-hydrogen) atoms. The number of hydrogen-bond acceptors (Lipinski definition) is 2. The summed E-state index contributed by atoms with van der Waals surface area (Å²) >= 11 is 0. The molecule has 5 heteroatoms. The van der Waals surface area contributed by atoms with Crippen LogP contribution in [-0.4, -0.2) is 33.3 Å². The molecule has 1 aromatic carbocycles. The molecule has 0 spiro atoms. The van der Waals surface area contributed by atoms with Crippen molar-refractivity contribution in [3.8, 4) is 0 Å². The van der Waals surface area contributed by atoms with Crippen LogP contribution in [0, 0.1) is 11.7 Å². The van der Waals surface area contributed by atoms with Crippen molar-refractivity contribution in [2.45, 2.75) is 32.1 Å². The summed E-state index contributed by atoms with van der Waals surface area (Å²) in [5, 5.41) is 0. The van der Waals surface area contributed by atoms with Crippen LogP contribution in [0.4, 0.5) is 4.39 Å². The summed E-state index contributed by atoms with van der Waals surface area (Å²) in [4.78, 5) is 19.4. The van der Waals surface area contributed by atoms with E-state index >= 15 is 0 Å². The quantitative estimate of drug-likeness (QED) is 0.693. The van der Waals surface area contributed by atoms with E-state index in [9.17, 15) is 9.18 Å². The number of fused-ring (bicyclic) bond motifs is 1. The number of amides is 1. The van der Waals surface area contributed by atoms with Crippen molar-refractivity contribution in [1.82, 2.24) is 14.3 Å². The van der Waals surface area contributed by atoms with Crippen LogP contribution < -0.4 is 0 Å². The van der Waals surface area contributed by atoms with Gasteiger partial charge in [-0.1, -0.05) is 31.2 Å². The van der Waals surface area contributed by atoms with E-state index in [-0.39, 0.29) is 24.1 Å². The minimum absolute atomic E-state index is 0.0843. The topological polar surface area (TPSA) is 37.6 Å². The van der Waals surface area contributed by atoms with Crippen molar-refractivity contribution in [2.75, 3.05) is 13.1 Å². The van der Waals surface area contributed by atoms with Gasteiger partial charge in [-0.3, -0.25) is 4.79 Å². The van der Waals surface area contributed by atoms with Crippen molar-refractivity contribution in [3.05, 3.63) is 71.9 Å². The molecule has 4 rings (SSSR count). The molecule has 1 saturated heterocycles. The summed E-state index contributed by atoms with van der Waals surface area (Å²) < 4.78 is 16.6. The maximum atomic E-state index is 14.6. The highest BCUT2D eigenvalue weighted by atomic mass is 19.1. The lowest BCUT2D eigenvalue weighted by molar-refractivity contribution is -0.132. The Hall–Kier alpha value is -2.69. The molecule has 1 aliphatic heterocycles. The van der Waals surface area contributed by atoms with E-state index in [0.29, 0.717) is 11.5 Å². The number of nitrogens with zero attached hydrogens (tertiary/aromatic N) is 3. The van der Waals surface area contributed by atoms with Crippen LogP contribution in [-0.2, 0) is 4.79 Å². The van der Waals surface area contributed by atoms with E-state index in [1.165, 1.54) is 6.07 Å². The summed E-state index contributed by atoms with van der Waals surface area (Å²) in [6.45, 7) is 3.80. The first-order chi connectivity index (χ1) is 13.1. The van der Waals surface area contributed by atoms with Gasteiger partial charge in [0.1, 0.15) is 11.5 Å². The molecule has 0 N–H and O–H groups in total.